The molecule has 0 heterocycles. The lowest BCUT2D eigenvalue weighted by molar-refractivity contribution is 0.0161. The molecule has 0 spiro atoms. The van der Waals surface area contributed by atoms with Gasteiger partial charge in [0.1, 0.15) is 0 Å². The first-order valence-electron chi connectivity index (χ1n) is 5.97. The summed E-state index contributed by atoms with van der Waals surface area (Å²) in [4.78, 5) is 0. The Morgan fingerprint density at radius 2 is 2.13 bits per heavy atom. The SMILES string of the molecule is CCS(=O)C[C@@]12CC[C@@H](C[C@@H]1O)C2(C)C. The highest BCUT2D eigenvalue weighted by atomic mass is 32.2. The van der Waals surface area contributed by atoms with Gasteiger partial charge in [0.05, 0.1) is 6.10 Å². The van der Waals surface area contributed by atoms with Crippen molar-refractivity contribution in [2.24, 2.45) is 16.7 Å². The summed E-state index contributed by atoms with van der Waals surface area (Å²) in [6.07, 6.45) is 2.98. The molecule has 2 fully saturated rings. The lowest BCUT2D eigenvalue weighted by Gasteiger charge is -2.40. The van der Waals surface area contributed by atoms with Crippen LogP contribution in [-0.4, -0.2) is 26.9 Å². The van der Waals surface area contributed by atoms with Gasteiger partial charge in [-0.25, -0.2) is 0 Å². The minimum atomic E-state index is -0.757. The molecule has 0 aromatic carbocycles. The summed E-state index contributed by atoms with van der Waals surface area (Å²) in [6.45, 7) is 6.48. The van der Waals surface area contributed by atoms with Gasteiger partial charge in [0.25, 0.3) is 0 Å². The standard InChI is InChI=1S/C12H22O2S/c1-4-15(14)8-12-6-5-9(7-10(12)13)11(12,2)3/h9-10,13H,4-8H2,1-3H3/t9-,10-,12-,15?/m0/s1. The van der Waals surface area contributed by atoms with Gasteiger partial charge in [0, 0.05) is 27.7 Å². The molecule has 3 heteroatoms. The summed E-state index contributed by atoms with van der Waals surface area (Å²) in [7, 11) is -0.757. The van der Waals surface area contributed by atoms with Crippen molar-refractivity contribution in [2.75, 3.05) is 11.5 Å². The first-order valence-corrected chi connectivity index (χ1v) is 7.46. The van der Waals surface area contributed by atoms with Gasteiger partial charge in [-0.15, -0.1) is 0 Å². The van der Waals surface area contributed by atoms with Crippen LogP contribution in [0.2, 0.25) is 0 Å². The number of aliphatic hydroxyl groups is 1. The van der Waals surface area contributed by atoms with Gasteiger partial charge in [-0.1, -0.05) is 20.8 Å². The normalized spacial score (nSPS) is 44.5. The predicted octanol–water partition coefficient (Wildman–Crippen LogP) is 1.94. The van der Waals surface area contributed by atoms with Crippen molar-refractivity contribution in [1.29, 1.82) is 0 Å². The van der Waals surface area contributed by atoms with Crippen LogP contribution in [0.3, 0.4) is 0 Å². The maximum Gasteiger partial charge on any atom is 0.0613 e. The van der Waals surface area contributed by atoms with Crippen molar-refractivity contribution >= 4 is 10.8 Å². The van der Waals surface area contributed by atoms with Gasteiger partial charge in [-0.2, -0.15) is 0 Å². The number of rotatable bonds is 3. The Kier molecular flexibility index (Phi) is 2.75. The molecule has 2 nitrogen and oxygen atoms in total. The second kappa shape index (κ2) is 3.56. The van der Waals surface area contributed by atoms with E-state index < -0.39 is 10.8 Å². The third-order valence-electron chi connectivity index (χ3n) is 5.13. The van der Waals surface area contributed by atoms with Gasteiger partial charge < -0.3 is 5.11 Å². The minimum absolute atomic E-state index is 0.0570. The summed E-state index contributed by atoms with van der Waals surface area (Å²) in [6, 6.07) is 0. The molecule has 2 bridgehead atoms. The largest absolute Gasteiger partial charge is 0.392 e. The van der Waals surface area contributed by atoms with Crippen molar-refractivity contribution in [1.82, 2.24) is 0 Å². The third kappa shape index (κ3) is 1.42. The zero-order valence-corrected chi connectivity index (χ0v) is 10.8. The molecule has 0 aromatic rings. The van der Waals surface area contributed by atoms with Crippen LogP contribution in [0.4, 0.5) is 0 Å². The van der Waals surface area contributed by atoms with E-state index in [1.165, 1.54) is 6.42 Å². The van der Waals surface area contributed by atoms with Gasteiger partial charge in [0.2, 0.25) is 0 Å². The Labute approximate surface area is 94.9 Å². The van der Waals surface area contributed by atoms with E-state index in [0.717, 1.165) is 18.6 Å². The molecule has 4 atom stereocenters. The average molecular weight is 230 g/mol. The maximum absolute atomic E-state index is 11.8. The fourth-order valence-corrected chi connectivity index (χ4v) is 5.26. The zero-order valence-electron chi connectivity index (χ0n) is 9.95. The smallest absolute Gasteiger partial charge is 0.0613 e. The molecular weight excluding hydrogens is 208 g/mol. The minimum Gasteiger partial charge on any atom is -0.392 e. The van der Waals surface area contributed by atoms with Crippen LogP contribution in [0.5, 0.6) is 0 Å². The molecular formula is C12H22O2S. The summed E-state index contributed by atoms with van der Waals surface area (Å²) in [5, 5.41) is 10.2. The molecule has 0 saturated heterocycles. The molecule has 0 aromatic heterocycles. The highest BCUT2D eigenvalue weighted by molar-refractivity contribution is 7.84. The average Bonchev–Trinajstić information content (AvgIpc) is 2.51. The lowest BCUT2D eigenvalue weighted by Crippen LogP contribution is -2.43. The number of fused-ring (bicyclic) bond motifs is 2. The summed E-state index contributed by atoms with van der Waals surface area (Å²) < 4.78 is 11.8. The van der Waals surface area contributed by atoms with Crippen LogP contribution in [-0.2, 0) is 10.8 Å². The molecule has 0 amide bonds. The monoisotopic (exact) mass is 230 g/mol. The van der Waals surface area contributed by atoms with Crippen LogP contribution >= 0.6 is 0 Å². The van der Waals surface area contributed by atoms with Crippen molar-refractivity contribution in [3.63, 3.8) is 0 Å². The van der Waals surface area contributed by atoms with Gasteiger partial charge in [-0.3, -0.25) is 4.21 Å². The molecule has 1 N–H and O–H groups in total. The highest BCUT2D eigenvalue weighted by Gasteiger charge is 2.63. The summed E-state index contributed by atoms with van der Waals surface area (Å²) in [5.41, 5.74) is 0.121. The molecule has 2 aliphatic carbocycles. The number of hydrogen-bond acceptors (Lipinski definition) is 2. The molecule has 2 saturated carbocycles. The Hall–Kier alpha value is 0.110. The van der Waals surface area contributed by atoms with E-state index in [2.05, 4.69) is 13.8 Å². The maximum atomic E-state index is 11.8. The van der Waals surface area contributed by atoms with Crippen molar-refractivity contribution in [3.8, 4) is 0 Å². The lowest BCUT2D eigenvalue weighted by atomic mass is 9.70. The number of aliphatic hydroxyl groups excluding tert-OH is 1. The first kappa shape index (κ1) is 11.6. The molecule has 0 aliphatic heterocycles. The Morgan fingerprint density at radius 3 is 2.53 bits per heavy atom. The van der Waals surface area contributed by atoms with E-state index in [4.69, 9.17) is 0 Å². The quantitative estimate of drug-likeness (QED) is 0.804. The fraction of sp³-hybridized carbons (Fsp3) is 1.00. The van der Waals surface area contributed by atoms with Gasteiger partial charge in [0.15, 0.2) is 0 Å². The van der Waals surface area contributed by atoms with E-state index in [1.807, 2.05) is 6.92 Å². The second-order valence-corrected chi connectivity index (χ2v) is 7.48. The van der Waals surface area contributed by atoms with Crippen LogP contribution < -0.4 is 0 Å². The van der Waals surface area contributed by atoms with E-state index in [0.29, 0.717) is 11.7 Å². The molecule has 2 aliphatic rings. The van der Waals surface area contributed by atoms with Crippen LogP contribution in [0.1, 0.15) is 40.0 Å². The van der Waals surface area contributed by atoms with Gasteiger partial charge >= 0.3 is 0 Å². The van der Waals surface area contributed by atoms with Crippen LogP contribution in [0.25, 0.3) is 0 Å². The van der Waals surface area contributed by atoms with Gasteiger partial charge in [-0.05, 0) is 30.6 Å². The predicted molar refractivity (Wildman–Crippen MR) is 63.1 cm³/mol. The molecule has 1 unspecified atom stereocenters. The third-order valence-corrected chi connectivity index (χ3v) is 6.61. The van der Waals surface area contributed by atoms with E-state index in [-0.39, 0.29) is 16.9 Å². The molecule has 88 valence electrons. The molecule has 0 radical (unpaired) electrons. The van der Waals surface area contributed by atoms with Crippen LogP contribution in [0, 0.1) is 16.7 Å². The highest BCUT2D eigenvalue weighted by Crippen LogP contribution is 2.65. The van der Waals surface area contributed by atoms with E-state index in [1.54, 1.807) is 0 Å². The first-order chi connectivity index (χ1) is 6.94. The number of hydrogen-bond donors (Lipinski definition) is 1. The van der Waals surface area contributed by atoms with Crippen molar-refractivity contribution < 1.29 is 9.32 Å². The fourth-order valence-electron chi connectivity index (χ4n) is 3.77. The topological polar surface area (TPSA) is 37.3 Å². The van der Waals surface area contributed by atoms with E-state index in [9.17, 15) is 9.32 Å². The zero-order chi connectivity index (χ0) is 11.3. The molecule has 2 rings (SSSR count). The van der Waals surface area contributed by atoms with Crippen LogP contribution in [0.15, 0.2) is 0 Å². The van der Waals surface area contributed by atoms with E-state index >= 15 is 0 Å². The Morgan fingerprint density at radius 1 is 1.47 bits per heavy atom. The van der Waals surface area contributed by atoms with Crippen molar-refractivity contribution in [3.05, 3.63) is 0 Å². The second-order valence-electron chi connectivity index (χ2n) is 5.74. The Bertz CT molecular complexity index is 287. The molecule has 15 heavy (non-hydrogen) atoms. The van der Waals surface area contributed by atoms with Crippen molar-refractivity contribution in [2.45, 2.75) is 46.1 Å². The summed E-state index contributed by atoms with van der Waals surface area (Å²) in [5.74, 6) is 2.06. The summed E-state index contributed by atoms with van der Waals surface area (Å²) >= 11 is 0. The Balaban J connectivity index is 2.27.